The molecule has 0 spiro atoms. The van der Waals surface area contributed by atoms with E-state index < -0.39 is 0 Å². The Hall–Kier alpha value is -0.126. The molecule has 0 aliphatic carbocycles. The molecular formula is C6H19NSi2. The van der Waals surface area contributed by atoms with Crippen LogP contribution in [0.25, 0.3) is 0 Å². The van der Waals surface area contributed by atoms with Crippen molar-refractivity contribution < 1.29 is 0 Å². The first-order valence-electron chi connectivity index (χ1n) is 3.05. The molecule has 0 aromatic rings. The molecule has 0 radical (unpaired) electrons. The number of rotatable bonds is 2. The third kappa shape index (κ3) is 77.4. The fourth-order valence-electron chi connectivity index (χ4n) is 0. The molecule has 1 nitrogen and oxygen atoms in total. The normalized spacial score (nSPS) is 6.22. The molecule has 0 bridgehead atoms. The van der Waals surface area contributed by atoms with Crippen molar-refractivity contribution in [3.05, 3.63) is 25.3 Å². The minimum Gasteiger partial charge on any atom is -0.344 e. The predicted molar refractivity (Wildman–Crippen MR) is 54.9 cm³/mol. The van der Waals surface area contributed by atoms with Crippen molar-refractivity contribution in [1.82, 2.24) is 6.15 Å². The average Bonchev–Trinajstić information content (AvgIpc) is 1.88. The second-order valence-corrected chi connectivity index (χ2v) is 3.03. The fraction of sp³-hybridized carbons (Fsp3) is 0.333. The second-order valence-electron chi connectivity index (χ2n) is 1.39. The first-order valence-corrected chi connectivity index (χ1v) is 5.88. The topological polar surface area (TPSA) is 35.0 Å². The van der Waals surface area contributed by atoms with Gasteiger partial charge in [0.05, 0.1) is 0 Å². The smallest absolute Gasteiger partial charge is 0.00753 e. The van der Waals surface area contributed by atoms with Gasteiger partial charge in [-0.3, -0.25) is 0 Å². The number of allylic oxidation sites excluding steroid dienone is 2. The first kappa shape index (κ1) is 15.9. The van der Waals surface area contributed by atoms with E-state index in [1.807, 2.05) is 12.2 Å². The quantitative estimate of drug-likeness (QED) is 0.452. The summed E-state index contributed by atoms with van der Waals surface area (Å²) in [4.78, 5) is 0. The Morgan fingerprint density at radius 3 is 1.11 bits per heavy atom. The molecule has 0 aliphatic rings. The predicted octanol–water partition coefficient (Wildman–Crippen LogP) is 0.0742. The van der Waals surface area contributed by atoms with E-state index in [0.29, 0.717) is 0 Å². The van der Waals surface area contributed by atoms with Gasteiger partial charge in [-0.05, 0) is 12.1 Å². The summed E-state index contributed by atoms with van der Waals surface area (Å²) in [5.74, 6) is 0. The molecule has 9 heavy (non-hydrogen) atoms. The Balaban J connectivity index is -0.0000000720. The zero-order chi connectivity index (χ0) is 6.83. The molecule has 0 saturated carbocycles. The minimum atomic E-state index is 0. The summed E-state index contributed by atoms with van der Waals surface area (Å²) in [5.41, 5.74) is 0. The molecule has 0 aromatic carbocycles. The fourth-order valence-corrected chi connectivity index (χ4v) is 0. The van der Waals surface area contributed by atoms with Gasteiger partial charge < -0.3 is 6.15 Å². The van der Waals surface area contributed by atoms with Gasteiger partial charge in [0.15, 0.2) is 0 Å². The second kappa shape index (κ2) is 24.8. The number of hydrogen-bond acceptors (Lipinski definition) is 1. The largest absolute Gasteiger partial charge is 0.344 e. The summed E-state index contributed by atoms with van der Waals surface area (Å²) >= 11 is 0. The van der Waals surface area contributed by atoms with Crippen LogP contribution in [0.2, 0.25) is 12.1 Å². The standard InChI is InChI=1S/2C3H8Si.H3N/c2*1-2-3-4;/h2*2H,1,3H2,4H3;1H3. The molecule has 3 heteroatoms. The number of hydrogen-bond donors (Lipinski definition) is 1. The van der Waals surface area contributed by atoms with E-state index in [9.17, 15) is 0 Å². The van der Waals surface area contributed by atoms with E-state index in [1.54, 1.807) is 0 Å². The van der Waals surface area contributed by atoms with E-state index in [0.717, 1.165) is 0 Å². The van der Waals surface area contributed by atoms with Gasteiger partial charge in [-0.25, -0.2) is 0 Å². The molecule has 0 rings (SSSR count). The molecule has 0 saturated heterocycles. The van der Waals surface area contributed by atoms with Crippen LogP contribution >= 0.6 is 0 Å². The summed E-state index contributed by atoms with van der Waals surface area (Å²) in [7, 11) is 2.54. The third-order valence-electron chi connectivity index (χ3n) is 0.577. The van der Waals surface area contributed by atoms with Crippen molar-refractivity contribution in [3.63, 3.8) is 0 Å². The zero-order valence-electron chi connectivity index (χ0n) is 6.69. The van der Waals surface area contributed by atoms with E-state index in [2.05, 4.69) is 13.2 Å². The van der Waals surface area contributed by atoms with Crippen LogP contribution < -0.4 is 6.15 Å². The van der Waals surface area contributed by atoms with Gasteiger partial charge in [0.2, 0.25) is 0 Å². The molecule has 0 atom stereocenters. The van der Waals surface area contributed by atoms with Crippen LogP contribution in [0.5, 0.6) is 0 Å². The highest BCUT2D eigenvalue weighted by molar-refractivity contribution is 6.09. The Labute approximate surface area is 64.7 Å². The molecule has 0 heterocycles. The minimum absolute atomic E-state index is 0. The van der Waals surface area contributed by atoms with E-state index in [-0.39, 0.29) is 6.15 Å². The maximum Gasteiger partial charge on any atom is 0.00753 e. The molecule has 3 N–H and O–H groups in total. The molecule has 0 aromatic heterocycles. The summed E-state index contributed by atoms with van der Waals surface area (Å²) in [6, 6.07) is 2.44. The van der Waals surface area contributed by atoms with E-state index in [4.69, 9.17) is 0 Å². The SMILES string of the molecule is C=CC[SiH3].C=CC[SiH3].N. The Morgan fingerprint density at radius 2 is 1.11 bits per heavy atom. The molecule has 0 fully saturated rings. The summed E-state index contributed by atoms with van der Waals surface area (Å²) in [6.07, 6.45) is 3.87. The lowest BCUT2D eigenvalue weighted by atomic mass is 10.8. The lowest BCUT2D eigenvalue weighted by Gasteiger charge is -1.57. The Bertz CT molecular complexity index is 47.0. The maximum atomic E-state index is 3.51. The van der Waals surface area contributed by atoms with Crippen LogP contribution in [0.3, 0.4) is 0 Å². The summed E-state index contributed by atoms with van der Waals surface area (Å²) in [6.45, 7) is 7.03. The highest BCUT2D eigenvalue weighted by Crippen LogP contribution is 1.62. The molecule has 56 valence electrons. The third-order valence-corrected chi connectivity index (χ3v) is 1.73. The zero-order valence-corrected chi connectivity index (χ0v) is 10.7. The van der Waals surface area contributed by atoms with Crippen LogP contribution in [0.15, 0.2) is 25.3 Å². The summed E-state index contributed by atoms with van der Waals surface area (Å²) < 4.78 is 0. The van der Waals surface area contributed by atoms with Crippen molar-refractivity contribution >= 4 is 20.5 Å². The van der Waals surface area contributed by atoms with Gasteiger partial charge in [0.1, 0.15) is 0 Å². The first-order chi connectivity index (χ1) is 3.83. The Kier molecular flexibility index (Phi) is 43.9. The van der Waals surface area contributed by atoms with Crippen LogP contribution in [-0.4, -0.2) is 20.5 Å². The van der Waals surface area contributed by atoms with Crippen molar-refractivity contribution in [2.24, 2.45) is 0 Å². The van der Waals surface area contributed by atoms with Crippen LogP contribution in [-0.2, 0) is 0 Å². The monoisotopic (exact) mass is 161 g/mol. The van der Waals surface area contributed by atoms with Crippen molar-refractivity contribution in [2.45, 2.75) is 12.1 Å². The Morgan fingerprint density at radius 1 is 1.00 bits per heavy atom. The van der Waals surface area contributed by atoms with Gasteiger partial charge in [-0.15, -0.1) is 13.2 Å². The van der Waals surface area contributed by atoms with Gasteiger partial charge >= 0.3 is 0 Å². The molecule has 0 amide bonds. The molecular weight excluding hydrogens is 142 g/mol. The highest BCUT2D eigenvalue weighted by Gasteiger charge is 1.46. The van der Waals surface area contributed by atoms with Crippen LogP contribution in [0.4, 0.5) is 0 Å². The van der Waals surface area contributed by atoms with Crippen LogP contribution in [0.1, 0.15) is 0 Å². The average molecular weight is 161 g/mol. The molecule has 0 aliphatic heterocycles. The van der Waals surface area contributed by atoms with Crippen molar-refractivity contribution in [3.8, 4) is 0 Å². The van der Waals surface area contributed by atoms with E-state index >= 15 is 0 Å². The summed E-state index contributed by atoms with van der Waals surface area (Å²) in [5, 5.41) is 0. The van der Waals surface area contributed by atoms with Crippen molar-refractivity contribution in [1.29, 1.82) is 0 Å². The maximum absolute atomic E-state index is 3.51. The van der Waals surface area contributed by atoms with Crippen LogP contribution in [0, 0.1) is 0 Å². The molecule has 0 unspecified atom stereocenters. The van der Waals surface area contributed by atoms with Crippen molar-refractivity contribution in [2.75, 3.05) is 0 Å². The van der Waals surface area contributed by atoms with Gasteiger partial charge in [0.25, 0.3) is 0 Å². The lowest BCUT2D eigenvalue weighted by Crippen LogP contribution is -1.47. The van der Waals surface area contributed by atoms with Gasteiger partial charge in [-0.1, -0.05) is 12.2 Å². The van der Waals surface area contributed by atoms with Gasteiger partial charge in [0, 0.05) is 20.5 Å². The van der Waals surface area contributed by atoms with E-state index in [1.165, 1.54) is 32.6 Å². The highest BCUT2D eigenvalue weighted by atomic mass is 28.1. The lowest BCUT2D eigenvalue weighted by molar-refractivity contribution is 1.76. The van der Waals surface area contributed by atoms with Gasteiger partial charge in [-0.2, -0.15) is 0 Å².